The van der Waals surface area contributed by atoms with Gasteiger partial charge in [-0.15, -0.1) is 0 Å². The third kappa shape index (κ3) is 6.40. The van der Waals surface area contributed by atoms with E-state index in [0.717, 1.165) is 12.1 Å². The van der Waals surface area contributed by atoms with Gasteiger partial charge >= 0.3 is 6.18 Å². The predicted octanol–water partition coefficient (Wildman–Crippen LogP) is 6.69. The van der Waals surface area contributed by atoms with Crippen LogP contribution in [-0.4, -0.2) is 41.3 Å². The number of rotatable bonds is 7. The van der Waals surface area contributed by atoms with Crippen molar-refractivity contribution in [3.05, 3.63) is 111 Å². The van der Waals surface area contributed by atoms with Crippen LogP contribution < -0.4 is 10.9 Å². The number of hydrogen-bond donors (Lipinski definition) is 3. The number of aliphatic hydroxyl groups is 1. The van der Waals surface area contributed by atoms with Crippen molar-refractivity contribution in [1.82, 2.24) is 30.0 Å². The number of nitrogens with one attached hydrogen (secondary N) is 2. The molecule has 0 unspecified atom stereocenters. The minimum absolute atomic E-state index is 0.0164. The topological polar surface area (TPSA) is 126 Å². The van der Waals surface area contributed by atoms with Crippen LogP contribution in [0.1, 0.15) is 79.5 Å². The molecule has 0 spiro atoms. The van der Waals surface area contributed by atoms with Crippen molar-refractivity contribution in [2.45, 2.75) is 76.2 Å². The van der Waals surface area contributed by atoms with E-state index in [1.165, 1.54) is 39.2 Å². The molecule has 0 aliphatic heterocycles. The molecular formula is C38H31F7N6O3. The number of halogens is 7. The van der Waals surface area contributed by atoms with Crippen molar-refractivity contribution in [2.24, 2.45) is 5.41 Å². The molecule has 2 aromatic carbocycles. The number of alkyl halides is 5. The molecule has 1 amide bonds. The van der Waals surface area contributed by atoms with Gasteiger partial charge in [0.25, 0.3) is 11.5 Å². The summed E-state index contributed by atoms with van der Waals surface area (Å²) in [5.74, 6) is -2.43. The second-order valence-corrected chi connectivity index (χ2v) is 14.3. The highest BCUT2D eigenvalue weighted by atomic mass is 19.4. The van der Waals surface area contributed by atoms with E-state index >= 15 is 8.78 Å². The van der Waals surface area contributed by atoms with Gasteiger partial charge in [0.1, 0.15) is 35.2 Å². The Balaban J connectivity index is 1.37. The van der Waals surface area contributed by atoms with Crippen molar-refractivity contribution < 1.29 is 40.6 Å². The van der Waals surface area contributed by atoms with Gasteiger partial charge in [-0.25, -0.2) is 18.7 Å². The van der Waals surface area contributed by atoms with Crippen LogP contribution in [0.15, 0.2) is 59.7 Å². The molecular weight excluding hydrogens is 721 g/mol. The first-order chi connectivity index (χ1) is 25.3. The van der Waals surface area contributed by atoms with E-state index in [-0.39, 0.29) is 52.7 Å². The van der Waals surface area contributed by atoms with Gasteiger partial charge in [-0.3, -0.25) is 14.3 Å². The highest BCUT2D eigenvalue weighted by molar-refractivity contribution is 5.93. The van der Waals surface area contributed by atoms with Gasteiger partial charge in [0.05, 0.1) is 29.0 Å². The summed E-state index contributed by atoms with van der Waals surface area (Å²) in [6, 6.07) is 9.06. The Labute approximate surface area is 302 Å². The molecule has 5 aromatic rings. The second-order valence-electron chi connectivity index (χ2n) is 14.3. The molecule has 1 fully saturated rings. The highest BCUT2D eigenvalue weighted by Gasteiger charge is 2.70. The fraction of sp³-hybridized carbons (Fsp3) is 0.342. The monoisotopic (exact) mass is 752 g/mol. The van der Waals surface area contributed by atoms with Gasteiger partial charge in [0, 0.05) is 28.2 Å². The number of aromatic nitrogens is 5. The van der Waals surface area contributed by atoms with E-state index in [2.05, 4.69) is 37.2 Å². The molecule has 0 saturated heterocycles. The number of nitrogens with zero attached hydrogens (tertiary/aromatic N) is 4. The van der Waals surface area contributed by atoms with Crippen LogP contribution in [0.4, 0.5) is 30.7 Å². The molecule has 280 valence electrons. The van der Waals surface area contributed by atoms with E-state index < -0.39 is 81.7 Å². The number of aromatic amines is 1. The van der Waals surface area contributed by atoms with Gasteiger partial charge in [-0.05, 0) is 80.8 Å². The lowest BCUT2D eigenvalue weighted by Crippen LogP contribution is -2.44. The molecule has 0 radical (unpaired) electrons. The standard InChI is InChI=1S/C38H31F7N6O3/c1-35(2,54)11-9-22-7-8-24(23-5-4-6-25-30(23)46-18-47-34(25)53)31(48-22)27(15-19-13-20(39)16-21(40)14-19)49-28(52)17-51-33-29(32(50-51)38(43,44)45)26-10-12-36(26,3)37(33,41)42/h4-8,13-14,16,18,26-27,54H,10,12,15,17H2,1-3H3,(H,49,52)(H,46,47,53)/t26-,27+,36-/m1/s1. The summed E-state index contributed by atoms with van der Waals surface area (Å²) < 4.78 is 104. The van der Waals surface area contributed by atoms with Crippen LogP contribution in [0.3, 0.4) is 0 Å². The predicted molar refractivity (Wildman–Crippen MR) is 181 cm³/mol. The zero-order valence-electron chi connectivity index (χ0n) is 28.9. The van der Waals surface area contributed by atoms with Crippen LogP contribution in [0.5, 0.6) is 0 Å². The average molecular weight is 753 g/mol. The second kappa shape index (κ2) is 12.8. The van der Waals surface area contributed by atoms with Crippen molar-refractivity contribution in [3.8, 4) is 23.0 Å². The number of H-pyrrole nitrogens is 1. The van der Waals surface area contributed by atoms with Crippen molar-refractivity contribution in [3.63, 3.8) is 0 Å². The van der Waals surface area contributed by atoms with Gasteiger partial charge in [-0.2, -0.15) is 27.1 Å². The van der Waals surface area contributed by atoms with Gasteiger partial charge in [-0.1, -0.05) is 25.0 Å². The lowest BCUT2D eigenvalue weighted by Gasteiger charge is -2.45. The van der Waals surface area contributed by atoms with E-state index in [9.17, 15) is 36.6 Å². The van der Waals surface area contributed by atoms with E-state index in [0.29, 0.717) is 16.3 Å². The molecule has 2 aliphatic carbocycles. The number of fused-ring (bicyclic) bond motifs is 4. The van der Waals surface area contributed by atoms with Crippen molar-refractivity contribution in [1.29, 1.82) is 0 Å². The number of pyridine rings is 1. The Kier molecular flexibility index (Phi) is 8.71. The third-order valence-corrected chi connectivity index (χ3v) is 10.0. The van der Waals surface area contributed by atoms with Crippen molar-refractivity contribution >= 4 is 16.8 Å². The van der Waals surface area contributed by atoms with Crippen LogP contribution in [0, 0.1) is 28.9 Å². The summed E-state index contributed by atoms with van der Waals surface area (Å²) in [6.45, 7) is 3.02. The minimum atomic E-state index is -5.08. The molecule has 3 N–H and O–H groups in total. The first-order valence-corrected chi connectivity index (χ1v) is 16.8. The maximum Gasteiger partial charge on any atom is 0.435 e. The summed E-state index contributed by atoms with van der Waals surface area (Å²) in [5.41, 5.74) is -5.82. The fourth-order valence-electron chi connectivity index (χ4n) is 7.42. The number of benzene rings is 2. The quantitative estimate of drug-likeness (QED) is 0.126. The summed E-state index contributed by atoms with van der Waals surface area (Å²) in [5, 5.41) is 16.6. The normalized spacial score (nSPS) is 19.4. The summed E-state index contributed by atoms with van der Waals surface area (Å²) in [6.07, 6.45) is -4.18. The zero-order chi connectivity index (χ0) is 39.0. The molecule has 3 aromatic heterocycles. The minimum Gasteiger partial charge on any atom is -0.378 e. The summed E-state index contributed by atoms with van der Waals surface area (Å²) >= 11 is 0. The first-order valence-electron chi connectivity index (χ1n) is 16.8. The summed E-state index contributed by atoms with van der Waals surface area (Å²) in [7, 11) is 0. The number of amides is 1. The van der Waals surface area contributed by atoms with Crippen LogP contribution >= 0.6 is 0 Å². The molecule has 54 heavy (non-hydrogen) atoms. The molecule has 9 nitrogen and oxygen atoms in total. The van der Waals surface area contributed by atoms with E-state index in [4.69, 9.17) is 0 Å². The third-order valence-electron chi connectivity index (χ3n) is 10.0. The number of para-hydroxylation sites is 1. The largest absolute Gasteiger partial charge is 0.435 e. The van der Waals surface area contributed by atoms with Crippen LogP contribution in [0.25, 0.3) is 22.0 Å². The maximum atomic E-state index is 15.9. The average Bonchev–Trinajstić information content (AvgIpc) is 3.49. The van der Waals surface area contributed by atoms with Crippen LogP contribution in [0.2, 0.25) is 0 Å². The lowest BCUT2D eigenvalue weighted by atomic mass is 9.60. The first kappa shape index (κ1) is 36.8. The number of carbonyl (C=O) groups is 1. The number of carbonyl (C=O) groups excluding carboxylic acids is 1. The maximum absolute atomic E-state index is 15.9. The Bertz CT molecular complexity index is 2440. The summed E-state index contributed by atoms with van der Waals surface area (Å²) in [4.78, 5) is 38.0. The smallest absolute Gasteiger partial charge is 0.378 e. The van der Waals surface area contributed by atoms with Crippen molar-refractivity contribution in [2.75, 3.05) is 0 Å². The molecule has 7 rings (SSSR count). The lowest BCUT2D eigenvalue weighted by molar-refractivity contribution is -0.163. The molecule has 1 saturated carbocycles. The molecule has 0 bridgehead atoms. The number of hydrogen-bond acceptors (Lipinski definition) is 6. The van der Waals surface area contributed by atoms with Crippen LogP contribution in [-0.2, 0) is 29.9 Å². The molecule has 3 heterocycles. The Hall–Kier alpha value is -5.56. The SMILES string of the molecule is CC(C)(O)C#Cc1ccc(-c2cccc3c(=O)[nH]cnc23)c([C@H](Cc2cc(F)cc(F)c2)NC(=O)Cn2nc(C(F)(F)F)c3c2C(F)(F)[C@]2(C)CC[C@H]32)n1. The van der Waals surface area contributed by atoms with Gasteiger partial charge < -0.3 is 15.4 Å². The Morgan fingerprint density at radius 1 is 1.11 bits per heavy atom. The highest BCUT2D eigenvalue weighted by Crippen LogP contribution is 2.71. The van der Waals surface area contributed by atoms with E-state index in [1.54, 1.807) is 18.2 Å². The van der Waals surface area contributed by atoms with Gasteiger partial charge in [0.15, 0.2) is 5.69 Å². The van der Waals surface area contributed by atoms with E-state index in [1.807, 2.05) is 0 Å². The molecule has 2 aliphatic rings. The fourth-order valence-corrected chi connectivity index (χ4v) is 7.42. The van der Waals surface area contributed by atoms with Gasteiger partial charge in [0.2, 0.25) is 5.91 Å². The Morgan fingerprint density at radius 2 is 1.83 bits per heavy atom. The Morgan fingerprint density at radius 3 is 2.48 bits per heavy atom. The zero-order valence-corrected chi connectivity index (χ0v) is 28.9. The molecule has 16 heteroatoms. The molecule has 3 atom stereocenters.